The van der Waals surface area contributed by atoms with Gasteiger partial charge in [-0.1, -0.05) is 12.1 Å². The van der Waals surface area contributed by atoms with Crippen molar-refractivity contribution in [3.8, 4) is 11.4 Å². The summed E-state index contributed by atoms with van der Waals surface area (Å²) in [5.41, 5.74) is 2.72. The fourth-order valence-corrected chi connectivity index (χ4v) is 3.62. The molecule has 0 aliphatic rings. The molecule has 1 amide bonds. The van der Waals surface area contributed by atoms with Crippen LogP contribution in [0.1, 0.15) is 21.5 Å². The number of imidazole rings is 1. The smallest absolute Gasteiger partial charge is 0.416 e. The quantitative estimate of drug-likeness (QED) is 0.315. The third kappa shape index (κ3) is 4.50. The second kappa shape index (κ2) is 8.84. The lowest BCUT2D eigenvalue weighted by molar-refractivity contribution is -0.137. The van der Waals surface area contributed by atoms with Gasteiger partial charge in [-0.05, 0) is 48.9 Å². The monoisotopic (exact) mass is 492 g/mol. The number of amides is 1. The number of furan rings is 1. The molecule has 2 N–H and O–H groups in total. The maximum atomic E-state index is 13.0. The first kappa shape index (κ1) is 23.1. The van der Waals surface area contributed by atoms with Crippen molar-refractivity contribution in [1.29, 1.82) is 0 Å². The van der Waals surface area contributed by atoms with Crippen LogP contribution in [0.4, 0.5) is 30.4 Å². The van der Waals surface area contributed by atoms with Gasteiger partial charge in [0.2, 0.25) is 0 Å². The highest BCUT2D eigenvalue weighted by Gasteiger charge is 2.31. The number of benzene rings is 2. The topological polar surface area (TPSA) is 97.9 Å². The van der Waals surface area contributed by atoms with E-state index in [0.717, 1.165) is 17.7 Å². The van der Waals surface area contributed by atoms with Gasteiger partial charge in [-0.25, -0.2) is 15.0 Å². The lowest BCUT2D eigenvalue weighted by Crippen LogP contribution is -2.14. The molecule has 0 aliphatic heterocycles. The van der Waals surface area contributed by atoms with Crippen molar-refractivity contribution in [2.45, 2.75) is 13.1 Å². The zero-order valence-corrected chi connectivity index (χ0v) is 19.1. The highest BCUT2D eigenvalue weighted by Crippen LogP contribution is 2.31. The number of nitrogens with one attached hydrogen (secondary N) is 2. The number of nitrogens with zero attached hydrogens (tertiary/aromatic N) is 4. The Labute approximate surface area is 202 Å². The molecule has 0 unspecified atom stereocenters. The Hall–Kier alpha value is -4.67. The summed E-state index contributed by atoms with van der Waals surface area (Å²) in [6, 6.07) is 11.1. The van der Waals surface area contributed by atoms with E-state index in [2.05, 4.69) is 25.6 Å². The molecule has 0 radical (unpaired) electrons. The molecule has 0 saturated carbocycles. The minimum Gasteiger partial charge on any atom is -0.472 e. The van der Waals surface area contributed by atoms with E-state index in [1.807, 2.05) is 14.0 Å². The molecule has 0 saturated heterocycles. The number of carbonyl (C=O) groups excluding carboxylic acids is 1. The molecule has 11 heteroatoms. The predicted octanol–water partition coefficient (Wildman–Crippen LogP) is 5.95. The molecular formula is C25H19F3N6O2. The molecular weight excluding hydrogens is 473 g/mol. The second-order valence-corrected chi connectivity index (χ2v) is 8.12. The fraction of sp³-hybridized carbons (Fsp3) is 0.120. The van der Waals surface area contributed by atoms with E-state index in [1.54, 1.807) is 35.2 Å². The normalized spacial score (nSPS) is 11.6. The Balaban J connectivity index is 1.46. The molecule has 0 bridgehead atoms. The van der Waals surface area contributed by atoms with Crippen LogP contribution in [0.2, 0.25) is 0 Å². The van der Waals surface area contributed by atoms with Crippen molar-refractivity contribution in [2.75, 3.05) is 10.6 Å². The molecule has 0 spiro atoms. The fourth-order valence-electron chi connectivity index (χ4n) is 3.62. The van der Waals surface area contributed by atoms with Gasteiger partial charge in [0.1, 0.15) is 6.26 Å². The summed E-state index contributed by atoms with van der Waals surface area (Å²) in [6.07, 6.45) is 0.152. The molecule has 182 valence electrons. The van der Waals surface area contributed by atoms with Crippen LogP contribution in [0.5, 0.6) is 0 Å². The number of anilines is 3. The Morgan fingerprint density at radius 3 is 2.67 bits per heavy atom. The van der Waals surface area contributed by atoms with E-state index in [0.29, 0.717) is 39.7 Å². The average molecular weight is 492 g/mol. The number of carbonyl (C=O) groups is 1. The van der Waals surface area contributed by atoms with Gasteiger partial charge in [0.25, 0.3) is 5.91 Å². The summed E-state index contributed by atoms with van der Waals surface area (Å²) in [4.78, 5) is 26.2. The van der Waals surface area contributed by atoms with Gasteiger partial charge >= 0.3 is 6.18 Å². The number of rotatable bonds is 5. The number of hydrogen-bond donors (Lipinski definition) is 2. The van der Waals surface area contributed by atoms with Gasteiger partial charge in [-0.2, -0.15) is 13.2 Å². The molecule has 8 nitrogen and oxygen atoms in total. The standard InChI is InChI=1S/C25H19F3N6O2/c1-14-6-7-18(30-24(35)15-4-3-5-17(10-15)25(26,27)28)11-19(14)31-22-20-23(34(2)13-29-20)33-21(32-22)16-8-9-36-12-16/h3-13H,1-2H3,(H,30,35)(H,31,32,33). The molecule has 36 heavy (non-hydrogen) atoms. The zero-order valence-electron chi connectivity index (χ0n) is 19.1. The summed E-state index contributed by atoms with van der Waals surface area (Å²) in [5, 5.41) is 5.91. The maximum absolute atomic E-state index is 13.0. The van der Waals surface area contributed by atoms with Gasteiger partial charge in [0.05, 0.1) is 23.7 Å². The van der Waals surface area contributed by atoms with Gasteiger partial charge < -0.3 is 19.6 Å². The molecule has 0 aliphatic carbocycles. The minimum atomic E-state index is -4.54. The second-order valence-electron chi connectivity index (χ2n) is 8.12. The first-order valence-corrected chi connectivity index (χ1v) is 10.8. The SMILES string of the molecule is Cc1ccc(NC(=O)c2cccc(C(F)(F)F)c2)cc1Nc1nc(-c2ccoc2)nc2c1ncn2C. The number of halogens is 3. The highest BCUT2D eigenvalue weighted by molar-refractivity contribution is 6.04. The van der Waals surface area contributed by atoms with E-state index in [9.17, 15) is 18.0 Å². The van der Waals surface area contributed by atoms with Crippen LogP contribution < -0.4 is 10.6 Å². The van der Waals surface area contributed by atoms with Crippen LogP contribution in [-0.4, -0.2) is 25.4 Å². The number of fused-ring (bicyclic) bond motifs is 1. The summed E-state index contributed by atoms with van der Waals surface area (Å²) < 4.78 is 46.0. The van der Waals surface area contributed by atoms with E-state index in [1.165, 1.54) is 24.7 Å². The van der Waals surface area contributed by atoms with Crippen LogP contribution >= 0.6 is 0 Å². The zero-order chi connectivity index (χ0) is 25.4. The lowest BCUT2D eigenvalue weighted by atomic mass is 10.1. The third-order valence-electron chi connectivity index (χ3n) is 5.54. The van der Waals surface area contributed by atoms with Crippen molar-refractivity contribution in [1.82, 2.24) is 19.5 Å². The molecule has 0 atom stereocenters. The van der Waals surface area contributed by atoms with Crippen LogP contribution in [0.25, 0.3) is 22.6 Å². The number of aryl methyl sites for hydroxylation is 2. The van der Waals surface area contributed by atoms with Gasteiger partial charge in [-0.3, -0.25) is 4.79 Å². The molecule has 2 aromatic carbocycles. The van der Waals surface area contributed by atoms with Crippen LogP contribution in [0.15, 0.2) is 71.8 Å². The third-order valence-corrected chi connectivity index (χ3v) is 5.54. The van der Waals surface area contributed by atoms with E-state index >= 15 is 0 Å². The Morgan fingerprint density at radius 1 is 1.08 bits per heavy atom. The summed E-state index contributed by atoms with van der Waals surface area (Å²) in [5.74, 6) is 0.225. The Kier molecular flexibility index (Phi) is 5.67. The van der Waals surface area contributed by atoms with Gasteiger partial charge in [0.15, 0.2) is 22.8 Å². The molecule has 5 aromatic rings. The van der Waals surface area contributed by atoms with Crippen molar-refractivity contribution >= 4 is 34.3 Å². The number of aromatic nitrogens is 4. The van der Waals surface area contributed by atoms with E-state index < -0.39 is 17.6 Å². The van der Waals surface area contributed by atoms with Crippen molar-refractivity contribution < 1.29 is 22.4 Å². The van der Waals surface area contributed by atoms with Crippen LogP contribution in [0, 0.1) is 6.92 Å². The summed E-state index contributed by atoms with van der Waals surface area (Å²) in [6.45, 7) is 1.87. The molecule has 3 aromatic heterocycles. The van der Waals surface area contributed by atoms with Crippen molar-refractivity contribution in [3.05, 3.63) is 84.1 Å². The van der Waals surface area contributed by atoms with Crippen LogP contribution in [0.3, 0.4) is 0 Å². The predicted molar refractivity (Wildman–Crippen MR) is 128 cm³/mol. The van der Waals surface area contributed by atoms with Gasteiger partial charge in [0, 0.05) is 24.0 Å². The molecule has 3 heterocycles. The van der Waals surface area contributed by atoms with E-state index in [4.69, 9.17) is 4.42 Å². The van der Waals surface area contributed by atoms with Crippen molar-refractivity contribution in [3.63, 3.8) is 0 Å². The first-order valence-electron chi connectivity index (χ1n) is 10.8. The molecule has 0 fully saturated rings. The number of hydrogen-bond acceptors (Lipinski definition) is 6. The maximum Gasteiger partial charge on any atom is 0.416 e. The van der Waals surface area contributed by atoms with Crippen molar-refractivity contribution in [2.24, 2.45) is 7.05 Å². The minimum absolute atomic E-state index is 0.101. The Morgan fingerprint density at radius 2 is 1.92 bits per heavy atom. The number of alkyl halides is 3. The summed E-state index contributed by atoms with van der Waals surface area (Å²) in [7, 11) is 1.82. The van der Waals surface area contributed by atoms with E-state index in [-0.39, 0.29) is 5.56 Å². The largest absolute Gasteiger partial charge is 0.472 e. The Bertz CT molecular complexity index is 1580. The highest BCUT2D eigenvalue weighted by atomic mass is 19.4. The van der Waals surface area contributed by atoms with Crippen LogP contribution in [-0.2, 0) is 13.2 Å². The lowest BCUT2D eigenvalue weighted by Gasteiger charge is -2.13. The summed E-state index contributed by atoms with van der Waals surface area (Å²) >= 11 is 0. The first-order chi connectivity index (χ1) is 17.2. The van der Waals surface area contributed by atoms with Gasteiger partial charge in [-0.15, -0.1) is 0 Å². The average Bonchev–Trinajstić information content (AvgIpc) is 3.51. The molecule has 5 rings (SSSR count).